The maximum Gasteiger partial charge on any atom is 0.272 e. The van der Waals surface area contributed by atoms with Crippen LogP contribution < -0.4 is 10.5 Å². The third-order valence-corrected chi connectivity index (χ3v) is 2.62. The van der Waals surface area contributed by atoms with Gasteiger partial charge in [-0.25, -0.2) is 8.78 Å². The van der Waals surface area contributed by atoms with Crippen LogP contribution in [0.2, 0.25) is 0 Å². The van der Waals surface area contributed by atoms with E-state index in [1.165, 1.54) is 7.11 Å². The average Bonchev–Trinajstić information content (AvgIpc) is 2.67. The van der Waals surface area contributed by atoms with Crippen LogP contribution in [-0.2, 0) is 5.54 Å². The van der Waals surface area contributed by atoms with Gasteiger partial charge in [0.15, 0.2) is 0 Å². The van der Waals surface area contributed by atoms with Crippen molar-refractivity contribution in [3.63, 3.8) is 0 Å². The molecule has 0 amide bonds. The van der Waals surface area contributed by atoms with E-state index < -0.39 is 11.5 Å². The summed E-state index contributed by atoms with van der Waals surface area (Å²) in [5.74, 6) is -2.38. The van der Waals surface area contributed by atoms with Crippen LogP contribution in [-0.4, -0.2) is 13.0 Å². The van der Waals surface area contributed by atoms with Crippen molar-refractivity contribution in [3.05, 3.63) is 29.8 Å². The summed E-state index contributed by atoms with van der Waals surface area (Å²) >= 11 is 0. The van der Waals surface area contributed by atoms with Gasteiger partial charge in [-0.1, -0.05) is 18.2 Å². The van der Waals surface area contributed by atoms with Crippen LogP contribution in [0.25, 0.3) is 0 Å². The minimum absolute atomic E-state index is 0.305. The van der Waals surface area contributed by atoms with Gasteiger partial charge in [-0.2, -0.15) is 0 Å². The Balaban J connectivity index is 2.43. The van der Waals surface area contributed by atoms with Gasteiger partial charge in [-0.05, 0) is 6.07 Å². The summed E-state index contributed by atoms with van der Waals surface area (Å²) in [6.45, 7) is 0. The lowest BCUT2D eigenvalue weighted by atomic mass is 10.0. The van der Waals surface area contributed by atoms with Gasteiger partial charge in [0.05, 0.1) is 7.11 Å². The number of hydrogen-bond acceptors (Lipinski definition) is 2. The van der Waals surface area contributed by atoms with Crippen molar-refractivity contribution in [2.75, 3.05) is 7.11 Å². The molecule has 1 saturated carbocycles. The maximum atomic E-state index is 13.0. The van der Waals surface area contributed by atoms with Crippen LogP contribution in [0.5, 0.6) is 5.75 Å². The van der Waals surface area contributed by atoms with Crippen molar-refractivity contribution >= 4 is 0 Å². The van der Waals surface area contributed by atoms with Gasteiger partial charge < -0.3 is 10.5 Å². The van der Waals surface area contributed by atoms with Gasteiger partial charge in [0.25, 0.3) is 5.92 Å². The minimum atomic E-state index is -2.80. The molecule has 0 radical (unpaired) electrons. The third kappa shape index (κ3) is 1.10. The van der Waals surface area contributed by atoms with Crippen LogP contribution >= 0.6 is 0 Å². The highest BCUT2D eigenvalue weighted by molar-refractivity contribution is 5.45. The number of hydrogen-bond donors (Lipinski definition) is 1. The summed E-state index contributed by atoms with van der Waals surface area (Å²) in [7, 11) is 1.45. The molecule has 0 aliphatic heterocycles. The van der Waals surface area contributed by atoms with E-state index in [2.05, 4.69) is 0 Å². The molecule has 2 rings (SSSR count). The Bertz CT molecular complexity index is 367. The van der Waals surface area contributed by atoms with Gasteiger partial charge in [0.1, 0.15) is 11.3 Å². The SMILES string of the molecule is COc1ccccc1C1(N)CC1(F)F. The van der Waals surface area contributed by atoms with E-state index in [0.717, 1.165) is 0 Å². The summed E-state index contributed by atoms with van der Waals surface area (Å²) < 4.78 is 31.0. The number of halogens is 2. The highest BCUT2D eigenvalue weighted by atomic mass is 19.3. The first kappa shape index (κ1) is 9.40. The molecule has 1 aromatic rings. The molecule has 0 spiro atoms. The number of benzene rings is 1. The van der Waals surface area contributed by atoms with Gasteiger partial charge in [0, 0.05) is 12.0 Å². The molecule has 76 valence electrons. The molecule has 0 bridgehead atoms. The monoisotopic (exact) mass is 199 g/mol. The van der Waals surface area contributed by atoms with E-state index in [0.29, 0.717) is 11.3 Å². The molecule has 0 saturated heterocycles. The Hall–Kier alpha value is -1.16. The first-order chi connectivity index (χ1) is 6.51. The van der Waals surface area contributed by atoms with Gasteiger partial charge in [-0.15, -0.1) is 0 Å². The Morgan fingerprint density at radius 3 is 2.43 bits per heavy atom. The van der Waals surface area contributed by atoms with E-state index in [4.69, 9.17) is 10.5 Å². The van der Waals surface area contributed by atoms with Crippen molar-refractivity contribution in [2.45, 2.75) is 17.9 Å². The number of methoxy groups -OCH3 is 1. The lowest BCUT2D eigenvalue weighted by molar-refractivity contribution is 0.0884. The number of alkyl halides is 2. The van der Waals surface area contributed by atoms with Gasteiger partial charge in [0.2, 0.25) is 0 Å². The van der Waals surface area contributed by atoms with Crippen LogP contribution in [0.3, 0.4) is 0 Å². The molecule has 4 heteroatoms. The molecule has 1 unspecified atom stereocenters. The molecule has 14 heavy (non-hydrogen) atoms. The van der Waals surface area contributed by atoms with E-state index in [9.17, 15) is 8.78 Å². The van der Waals surface area contributed by atoms with Crippen molar-refractivity contribution in [1.29, 1.82) is 0 Å². The third-order valence-electron chi connectivity index (χ3n) is 2.62. The predicted molar refractivity (Wildman–Crippen MR) is 48.4 cm³/mol. The first-order valence-corrected chi connectivity index (χ1v) is 4.31. The summed E-state index contributed by atoms with van der Waals surface area (Å²) in [5.41, 5.74) is 4.45. The number of para-hydroxylation sites is 1. The standard InChI is InChI=1S/C10H11F2NO/c1-14-8-5-3-2-4-7(8)9(13)6-10(9,11)12/h2-5H,6,13H2,1H3. The minimum Gasteiger partial charge on any atom is -0.496 e. The largest absolute Gasteiger partial charge is 0.496 e. The maximum absolute atomic E-state index is 13.0. The van der Waals surface area contributed by atoms with Crippen molar-refractivity contribution in [3.8, 4) is 5.75 Å². The zero-order valence-electron chi connectivity index (χ0n) is 7.76. The quantitative estimate of drug-likeness (QED) is 0.789. The Kier molecular flexibility index (Phi) is 1.79. The van der Waals surface area contributed by atoms with E-state index in [1.807, 2.05) is 0 Å². The topological polar surface area (TPSA) is 35.2 Å². The number of nitrogens with two attached hydrogens (primary N) is 1. The fourth-order valence-electron chi connectivity index (χ4n) is 1.61. The second-order valence-electron chi connectivity index (χ2n) is 3.55. The predicted octanol–water partition coefficient (Wildman–Crippen LogP) is 1.89. The number of rotatable bonds is 2. The van der Waals surface area contributed by atoms with Crippen LogP contribution in [0, 0.1) is 0 Å². The molecule has 1 aromatic carbocycles. The second-order valence-corrected chi connectivity index (χ2v) is 3.55. The summed E-state index contributed by atoms with van der Waals surface area (Å²) in [5, 5.41) is 0. The smallest absolute Gasteiger partial charge is 0.272 e. The van der Waals surface area contributed by atoms with Gasteiger partial charge >= 0.3 is 0 Å². The fourth-order valence-corrected chi connectivity index (χ4v) is 1.61. The highest BCUT2D eigenvalue weighted by Gasteiger charge is 2.70. The lowest BCUT2D eigenvalue weighted by Crippen LogP contribution is -2.27. The molecular weight excluding hydrogens is 188 g/mol. The Labute approximate surface area is 80.7 Å². The van der Waals surface area contributed by atoms with Crippen molar-refractivity contribution in [1.82, 2.24) is 0 Å². The van der Waals surface area contributed by atoms with E-state index in [-0.39, 0.29) is 6.42 Å². The van der Waals surface area contributed by atoms with Crippen molar-refractivity contribution < 1.29 is 13.5 Å². The van der Waals surface area contributed by atoms with Crippen molar-refractivity contribution in [2.24, 2.45) is 5.73 Å². The zero-order valence-corrected chi connectivity index (χ0v) is 7.76. The van der Waals surface area contributed by atoms with E-state index >= 15 is 0 Å². The molecule has 1 fully saturated rings. The molecular formula is C10H11F2NO. The number of ether oxygens (including phenoxy) is 1. The van der Waals surface area contributed by atoms with Gasteiger partial charge in [-0.3, -0.25) is 0 Å². The van der Waals surface area contributed by atoms with Crippen LogP contribution in [0.4, 0.5) is 8.78 Å². The first-order valence-electron chi connectivity index (χ1n) is 4.31. The highest BCUT2D eigenvalue weighted by Crippen LogP contribution is 2.59. The second kappa shape index (κ2) is 2.67. The molecule has 1 aliphatic rings. The average molecular weight is 199 g/mol. The Morgan fingerprint density at radius 2 is 1.93 bits per heavy atom. The summed E-state index contributed by atoms with van der Waals surface area (Å²) in [6.07, 6.45) is -0.305. The Morgan fingerprint density at radius 1 is 1.36 bits per heavy atom. The molecule has 1 atom stereocenters. The zero-order chi connectivity index (χ0) is 10.4. The van der Waals surface area contributed by atoms with Crippen LogP contribution in [0.15, 0.2) is 24.3 Å². The normalized spacial score (nSPS) is 28.6. The van der Waals surface area contributed by atoms with E-state index in [1.54, 1.807) is 24.3 Å². The molecule has 2 N–H and O–H groups in total. The lowest BCUT2D eigenvalue weighted by Gasteiger charge is -2.14. The summed E-state index contributed by atoms with van der Waals surface area (Å²) in [6, 6.07) is 6.63. The molecule has 2 nitrogen and oxygen atoms in total. The summed E-state index contributed by atoms with van der Waals surface area (Å²) in [4.78, 5) is 0. The molecule has 1 aliphatic carbocycles. The van der Waals surface area contributed by atoms with Crippen LogP contribution in [0.1, 0.15) is 12.0 Å². The fraction of sp³-hybridized carbons (Fsp3) is 0.400. The molecule has 0 heterocycles. The molecule has 0 aromatic heterocycles.